The molecule has 3 heterocycles. The number of hydrogen-bond acceptors (Lipinski definition) is 4. The first kappa shape index (κ1) is 20.6. The summed E-state index contributed by atoms with van der Waals surface area (Å²) in [7, 11) is -6.52. The molecule has 2 aromatic heterocycles. The highest BCUT2D eigenvalue weighted by molar-refractivity contribution is 8.01. The molecule has 0 unspecified atom stereocenters. The molecule has 2 nitrogen and oxygen atoms in total. The fourth-order valence-corrected chi connectivity index (χ4v) is 17.6. The number of benzene rings is 4. The van der Waals surface area contributed by atoms with Crippen LogP contribution >= 0.6 is 37.0 Å². The molecule has 0 radical (unpaired) electrons. The number of hydrogen-bond donors (Lipinski definition) is 0. The Bertz CT molecular complexity index is 1730. The minimum Gasteiger partial charge on any atom is -0.308 e. The molecule has 164 valence electrons. The Kier molecular flexibility index (Phi) is 4.47. The molecular weight excluding hydrogens is 494 g/mol. The minimum absolute atomic E-state index is 0.766. The van der Waals surface area contributed by atoms with E-state index in [1.165, 1.54) is 0 Å². The van der Waals surface area contributed by atoms with Gasteiger partial charge in [-0.05, 0) is 12.1 Å². The van der Waals surface area contributed by atoms with Crippen molar-refractivity contribution in [2.24, 2.45) is 0 Å². The Morgan fingerprint density at radius 2 is 0.824 bits per heavy atom. The van der Waals surface area contributed by atoms with Crippen molar-refractivity contribution in [2.75, 3.05) is 0 Å². The maximum absolute atomic E-state index is 15.6. The highest BCUT2D eigenvalue weighted by Crippen LogP contribution is 2.59. The van der Waals surface area contributed by atoms with Crippen LogP contribution in [0.25, 0.3) is 20.2 Å². The van der Waals surface area contributed by atoms with E-state index >= 15 is 9.13 Å². The lowest BCUT2D eigenvalue weighted by Gasteiger charge is -2.31. The van der Waals surface area contributed by atoms with Crippen LogP contribution in [0.15, 0.2) is 109 Å². The molecule has 0 spiro atoms. The van der Waals surface area contributed by atoms with Crippen molar-refractivity contribution in [3.05, 3.63) is 109 Å². The SMILES string of the molecule is O=P1(c2ccccc2)c2sc3ccccc3c2P(=O)(c2ccccc2)c2c1sc1ccccc21. The molecule has 1 aliphatic rings. The first-order valence-electron chi connectivity index (χ1n) is 11.0. The Balaban J connectivity index is 1.75. The van der Waals surface area contributed by atoms with Crippen LogP contribution in [-0.2, 0) is 9.13 Å². The van der Waals surface area contributed by atoms with Gasteiger partial charge in [-0.25, -0.2) is 0 Å². The van der Waals surface area contributed by atoms with Crippen molar-refractivity contribution < 1.29 is 9.13 Å². The van der Waals surface area contributed by atoms with Gasteiger partial charge in [0.1, 0.15) is 0 Å². The van der Waals surface area contributed by atoms with Gasteiger partial charge in [0, 0.05) is 30.8 Å². The third-order valence-electron chi connectivity index (χ3n) is 6.54. The van der Waals surface area contributed by atoms with E-state index in [2.05, 4.69) is 12.1 Å². The van der Waals surface area contributed by atoms with Crippen molar-refractivity contribution in [2.45, 2.75) is 0 Å². The molecule has 0 N–H and O–H groups in total. The van der Waals surface area contributed by atoms with Crippen LogP contribution in [0, 0.1) is 0 Å². The molecule has 0 atom stereocenters. The molecule has 6 aromatic rings. The number of fused-ring (bicyclic) bond motifs is 6. The smallest absolute Gasteiger partial charge is 0.191 e. The molecule has 0 aliphatic carbocycles. The summed E-state index contributed by atoms with van der Waals surface area (Å²) < 4.78 is 34.7. The van der Waals surface area contributed by atoms with Gasteiger partial charge in [0.15, 0.2) is 14.3 Å². The van der Waals surface area contributed by atoms with E-state index in [0.717, 1.165) is 50.6 Å². The van der Waals surface area contributed by atoms with Crippen LogP contribution in [-0.4, -0.2) is 0 Å². The quantitative estimate of drug-likeness (QED) is 0.278. The Hall–Kier alpha value is -2.74. The summed E-state index contributed by atoms with van der Waals surface area (Å²) in [4.78, 5) is 0. The van der Waals surface area contributed by atoms with Crippen LogP contribution < -0.4 is 30.5 Å². The van der Waals surface area contributed by atoms with Crippen LogP contribution in [0.2, 0.25) is 0 Å². The van der Waals surface area contributed by atoms with E-state index in [4.69, 9.17) is 0 Å². The maximum atomic E-state index is 15.6. The zero-order valence-corrected chi connectivity index (χ0v) is 21.3. The van der Waals surface area contributed by atoms with Gasteiger partial charge >= 0.3 is 0 Å². The predicted molar refractivity (Wildman–Crippen MR) is 150 cm³/mol. The average molecular weight is 513 g/mol. The second kappa shape index (κ2) is 7.38. The van der Waals surface area contributed by atoms with Gasteiger partial charge in [-0.1, -0.05) is 97.1 Å². The molecule has 34 heavy (non-hydrogen) atoms. The van der Waals surface area contributed by atoms with E-state index in [1.807, 2.05) is 97.1 Å². The van der Waals surface area contributed by atoms with Crippen molar-refractivity contribution in [3.8, 4) is 0 Å². The number of rotatable bonds is 2. The predicted octanol–water partition coefficient (Wildman–Crippen LogP) is 5.71. The van der Waals surface area contributed by atoms with Gasteiger partial charge in [0.25, 0.3) is 0 Å². The Morgan fingerprint density at radius 1 is 0.441 bits per heavy atom. The van der Waals surface area contributed by atoms with Crippen LogP contribution in [0.1, 0.15) is 0 Å². The largest absolute Gasteiger partial charge is 0.308 e. The number of thiophene rings is 2. The standard InChI is InChI=1S/C28H18O2P2S2/c29-31(19-11-3-1-4-12-19)25-21-15-7-9-17-23(21)33-27(25)32(30,20-13-5-2-6-14-20)28-26(31)22-16-8-10-18-24(22)34-28/h1-18H. The van der Waals surface area contributed by atoms with E-state index in [1.54, 1.807) is 22.7 Å². The van der Waals surface area contributed by atoms with Crippen LogP contribution in [0.5, 0.6) is 0 Å². The van der Waals surface area contributed by atoms with Crippen molar-refractivity contribution in [1.82, 2.24) is 0 Å². The zero-order chi connectivity index (χ0) is 22.9. The topological polar surface area (TPSA) is 34.1 Å². The molecule has 0 fully saturated rings. The van der Waals surface area contributed by atoms with Gasteiger partial charge in [-0.15, -0.1) is 22.7 Å². The normalized spacial score (nSPS) is 21.4. The third kappa shape index (κ3) is 2.58. The first-order chi connectivity index (χ1) is 16.6. The van der Waals surface area contributed by atoms with Crippen LogP contribution in [0.4, 0.5) is 0 Å². The Labute approximate surface area is 205 Å². The summed E-state index contributed by atoms with van der Waals surface area (Å²) in [6, 6.07) is 35.7. The summed E-state index contributed by atoms with van der Waals surface area (Å²) >= 11 is 3.09. The molecule has 0 bridgehead atoms. The molecule has 1 aliphatic heterocycles. The fourth-order valence-electron chi connectivity index (χ4n) is 5.05. The van der Waals surface area contributed by atoms with E-state index in [0.29, 0.717) is 0 Å². The monoisotopic (exact) mass is 512 g/mol. The Morgan fingerprint density at radius 3 is 1.29 bits per heavy atom. The van der Waals surface area contributed by atoms with Crippen LogP contribution in [0.3, 0.4) is 0 Å². The van der Waals surface area contributed by atoms with Gasteiger partial charge in [-0.3, -0.25) is 0 Å². The van der Waals surface area contributed by atoms with Gasteiger partial charge < -0.3 is 9.13 Å². The summed E-state index contributed by atoms with van der Waals surface area (Å²) in [6.07, 6.45) is 0. The summed E-state index contributed by atoms with van der Waals surface area (Å²) in [5.74, 6) is 0. The second-order valence-corrected chi connectivity index (χ2v) is 16.4. The van der Waals surface area contributed by atoms with E-state index < -0.39 is 14.3 Å². The molecule has 4 aromatic carbocycles. The summed E-state index contributed by atoms with van der Waals surface area (Å²) in [5, 5.41) is 5.03. The molecular formula is C28H18O2P2S2. The summed E-state index contributed by atoms with van der Waals surface area (Å²) in [6.45, 7) is 0. The van der Waals surface area contributed by atoms with Gasteiger partial charge in [-0.2, -0.15) is 0 Å². The lowest BCUT2D eigenvalue weighted by molar-refractivity contribution is 0.589. The molecule has 6 heteroatoms. The van der Waals surface area contributed by atoms with Crippen molar-refractivity contribution in [3.63, 3.8) is 0 Å². The molecule has 0 saturated heterocycles. The first-order valence-corrected chi connectivity index (χ1v) is 16.0. The van der Waals surface area contributed by atoms with E-state index in [9.17, 15) is 0 Å². The highest BCUT2D eigenvalue weighted by Gasteiger charge is 2.52. The average Bonchev–Trinajstić information content (AvgIpc) is 3.49. The fraction of sp³-hybridized carbons (Fsp3) is 0. The maximum Gasteiger partial charge on any atom is 0.191 e. The van der Waals surface area contributed by atoms with Crippen molar-refractivity contribution >= 4 is 87.6 Å². The molecule has 0 amide bonds. The molecule has 0 saturated carbocycles. The lowest BCUT2D eigenvalue weighted by Crippen LogP contribution is -2.45. The molecule has 7 rings (SSSR count). The van der Waals surface area contributed by atoms with E-state index in [-0.39, 0.29) is 0 Å². The zero-order valence-electron chi connectivity index (χ0n) is 17.9. The van der Waals surface area contributed by atoms with Gasteiger partial charge in [0.2, 0.25) is 0 Å². The summed E-state index contributed by atoms with van der Waals surface area (Å²) in [5.41, 5.74) is 0. The van der Waals surface area contributed by atoms with Gasteiger partial charge in [0.05, 0.1) is 19.8 Å². The van der Waals surface area contributed by atoms with Crippen molar-refractivity contribution in [1.29, 1.82) is 0 Å². The minimum atomic E-state index is -3.29. The third-order valence-corrected chi connectivity index (χ3v) is 17.1. The second-order valence-electron chi connectivity index (χ2n) is 8.39. The lowest BCUT2D eigenvalue weighted by atomic mass is 10.3. The highest BCUT2D eigenvalue weighted by atomic mass is 32.1.